The first kappa shape index (κ1) is 20.7. The quantitative estimate of drug-likeness (QED) is 0.477. The fraction of sp³-hybridized carbons (Fsp3) is 0.318. The second-order valence-corrected chi connectivity index (χ2v) is 9.41. The number of aromatic nitrogens is 2. The molecule has 2 amide bonds. The zero-order valence-electron chi connectivity index (χ0n) is 16.9. The normalized spacial score (nSPS) is 13.8. The lowest BCUT2D eigenvalue weighted by Crippen LogP contribution is -2.31. The summed E-state index contributed by atoms with van der Waals surface area (Å²) in [5, 5.41) is 6.49. The summed E-state index contributed by atoms with van der Waals surface area (Å²) in [6, 6.07) is 9.87. The number of aryl methyl sites for hydroxylation is 1. The van der Waals surface area contributed by atoms with Crippen LogP contribution in [0.3, 0.4) is 0 Å². The molecule has 0 saturated carbocycles. The van der Waals surface area contributed by atoms with Gasteiger partial charge in [0, 0.05) is 47.2 Å². The number of carbonyl (C=O) groups excluding carboxylic acids is 1. The van der Waals surface area contributed by atoms with Crippen molar-refractivity contribution in [1.82, 2.24) is 9.97 Å². The van der Waals surface area contributed by atoms with E-state index in [1.807, 2.05) is 30.5 Å². The highest BCUT2D eigenvalue weighted by Crippen LogP contribution is 2.30. The van der Waals surface area contributed by atoms with Crippen molar-refractivity contribution in [2.75, 3.05) is 28.6 Å². The van der Waals surface area contributed by atoms with Crippen LogP contribution in [0.2, 0.25) is 0 Å². The first-order valence-corrected chi connectivity index (χ1v) is 11.9. The molecule has 0 spiro atoms. The highest BCUT2D eigenvalue weighted by atomic mass is 32.2. The number of hydrogen-bond acceptors (Lipinski definition) is 6. The molecule has 0 radical (unpaired) electrons. The molecule has 8 heteroatoms. The van der Waals surface area contributed by atoms with Crippen LogP contribution in [0, 0.1) is 6.92 Å². The molecule has 1 aliphatic rings. The van der Waals surface area contributed by atoms with Crippen molar-refractivity contribution in [2.45, 2.75) is 36.8 Å². The first-order valence-electron chi connectivity index (χ1n) is 10.1. The van der Waals surface area contributed by atoms with Gasteiger partial charge in [-0.1, -0.05) is 6.07 Å². The van der Waals surface area contributed by atoms with Crippen molar-refractivity contribution in [1.29, 1.82) is 0 Å². The third kappa shape index (κ3) is 5.52. The number of nitrogens with zero attached hydrogens (tertiary/aromatic N) is 3. The molecule has 156 valence electrons. The SMILES string of the molecule is Cc1ccc(NC(=O)Nc2ncc(CSc3ccncc3)s2)c(N2CCCCC2)c1. The molecule has 0 atom stereocenters. The smallest absolute Gasteiger partial charge is 0.325 e. The number of benzene rings is 1. The van der Waals surface area contributed by atoms with Gasteiger partial charge >= 0.3 is 6.03 Å². The number of nitrogens with one attached hydrogen (secondary N) is 2. The largest absolute Gasteiger partial charge is 0.370 e. The van der Waals surface area contributed by atoms with E-state index in [4.69, 9.17) is 0 Å². The molecular formula is C22H25N5OS2. The molecule has 0 unspecified atom stereocenters. The van der Waals surface area contributed by atoms with Crippen LogP contribution in [0.15, 0.2) is 53.8 Å². The summed E-state index contributed by atoms with van der Waals surface area (Å²) in [6.07, 6.45) is 9.06. The Hall–Kier alpha value is -2.58. The standard InChI is InChI=1S/C22H25N5OS2/c1-16-5-6-19(20(13-16)27-11-3-2-4-12-27)25-21(28)26-22-24-14-18(30-22)15-29-17-7-9-23-10-8-17/h5-10,13-14H,2-4,11-12,15H2,1H3,(H2,24,25,26,28). The summed E-state index contributed by atoms with van der Waals surface area (Å²) in [6.45, 7) is 4.15. The molecule has 1 aliphatic heterocycles. The number of carbonyl (C=O) groups is 1. The van der Waals surface area contributed by atoms with Crippen LogP contribution in [0.1, 0.15) is 29.7 Å². The minimum atomic E-state index is -0.264. The Bertz CT molecular complexity index is 986. The van der Waals surface area contributed by atoms with Crippen LogP contribution in [-0.2, 0) is 5.75 Å². The highest BCUT2D eigenvalue weighted by Gasteiger charge is 2.16. The molecule has 0 aliphatic carbocycles. The van der Waals surface area contributed by atoms with Gasteiger partial charge in [-0.15, -0.1) is 23.1 Å². The van der Waals surface area contributed by atoms with Crippen molar-refractivity contribution < 1.29 is 4.79 Å². The fourth-order valence-electron chi connectivity index (χ4n) is 3.42. The Morgan fingerprint density at radius 2 is 1.93 bits per heavy atom. The molecule has 1 aromatic carbocycles. The van der Waals surface area contributed by atoms with Gasteiger partial charge in [0.1, 0.15) is 0 Å². The number of piperidine rings is 1. The van der Waals surface area contributed by atoms with Crippen LogP contribution >= 0.6 is 23.1 Å². The fourth-order valence-corrected chi connectivity index (χ4v) is 5.13. The summed E-state index contributed by atoms with van der Waals surface area (Å²) in [5.74, 6) is 0.808. The van der Waals surface area contributed by atoms with E-state index in [0.29, 0.717) is 5.13 Å². The monoisotopic (exact) mass is 439 g/mol. The first-order chi connectivity index (χ1) is 14.7. The molecule has 1 fully saturated rings. The Labute approximate surface area is 185 Å². The molecule has 3 aromatic rings. The molecular weight excluding hydrogens is 414 g/mol. The van der Waals surface area contributed by atoms with Gasteiger partial charge in [0.25, 0.3) is 0 Å². The number of anilines is 3. The van der Waals surface area contributed by atoms with Gasteiger partial charge in [-0.3, -0.25) is 10.3 Å². The molecule has 2 aromatic heterocycles. The van der Waals surface area contributed by atoms with E-state index >= 15 is 0 Å². The van der Waals surface area contributed by atoms with Crippen molar-refractivity contribution in [3.05, 3.63) is 59.4 Å². The van der Waals surface area contributed by atoms with E-state index < -0.39 is 0 Å². The summed E-state index contributed by atoms with van der Waals surface area (Å²) in [5.41, 5.74) is 3.13. The lowest BCUT2D eigenvalue weighted by atomic mass is 10.1. The zero-order valence-corrected chi connectivity index (χ0v) is 18.6. The number of thioether (sulfide) groups is 1. The predicted octanol–water partition coefficient (Wildman–Crippen LogP) is 5.77. The van der Waals surface area contributed by atoms with Crippen LogP contribution in [0.5, 0.6) is 0 Å². The predicted molar refractivity (Wildman–Crippen MR) is 126 cm³/mol. The summed E-state index contributed by atoms with van der Waals surface area (Å²) in [7, 11) is 0. The number of amides is 2. The third-order valence-corrected chi connectivity index (χ3v) is 7.06. The maximum atomic E-state index is 12.6. The molecule has 6 nitrogen and oxygen atoms in total. The van der Waals surface area contributed by atoms with Crippen LogP contribution in [0.25, 0.3) is 0 Å². The second-order valence-electron chi connectivity index (χ2n) is 7.25. The van der Waals surface area contributed by atoms with Gasteiger partial charge in [-0.05, 0) is 56.0 Å². The van der Waals surface area contributed by atoms with E-state index in [9.17, 15) is 4.79 Å². The van der Waals surface area contributed by atoms with E-state index in [1.165, 1.54) is 36.2 Å². The summed E-state index contributed by atoms with van der Waals surface area (Å²) < 4.78 is 0. The van der Waals surface area contributed by atoms with Gasteiger partial charge in [-0.25, -0.2) is 9.78 Å². The number of rotatable bonds is 6. The van der Waals surface area contributed by atoms with E-state index in [0.717, 1.165) is 40.0 Å². The third-order valence-electron chi connectivity index (χ3n) is 4.90. The molecule has 1 saturated heterocycles. The molecule has 30 heavy (non-hydrogen) atoms. The second kappa shape index (κ2) is 9.95. The van der Waals surface area contributed by atoms with Crippen molar-refractivity contribution in [3.8, 4) is 0 Å². The van der Waals surface area contributed by atoms with Crippen molar-refractivity contribution in [2.24, 2.45) is 0 Å². The maximum Gasteiger partial charge on any atom is 0.325 e. The molecule has 3 heterocycles. The van der Waals surface area contributed by atoms with E-state index in [1.54, 1.807) is 24.2 Å². The highest BCUT2D eigenvalue weighted by molar-refractivity contribution is 7.98. The lowest BCUT2D eigenvalue weighted by Gasteiger charge is -2.30. The number of urea groups is 1. The Morgan fingerprint density at radius 3 is 2.73 bits per heavy atom. The molecule has 2 N–H and O–H groups in total. The maximum absolute atomic E-state index is 12.6. The minimum Gasteiger partial charge on any atom is -0.370 e. The van der Waals surface area contributed by atoms with Crippen molar-refractivity contribution >= 4 is 45.6 Å². The lowest BCUT2D eigenvalue weighted by molar-refractivity contribution is 0.262. The van der Waals surface area contributed by atoms with Crippen LogP contribution in [-0.4, -0.2) is 29.1 Å². The number of hydrogen-bond donors (Lipinski definition) is 2. The Balaban J connectivity index is 1.36. The zero-order chi connectivity index (χ0) is 20.8. The van der Waals surface area contributed by atoms with Gasteiger partial charge in [-0.2, -0.15) is 0 Å². The average Bonchev–Trinajstić information content (AvgIpc) is 3.22. The number of thiazole rings is 1. The Kier molecular flexibility index (Phi) is 6.86. The van der Waals surface area contributed by atoms with Gasteiger partial charge in [0.2, 0.25) is 0 Å². The molecule has 0 bridgehead atoms. The minimum absolute atomic E-state index is 0.264. The average molecular weight is 440 g/mol. The molecule has 4 rings (SSSR count). The van der Waals surface area contributed by atoms with Gasteiger partial charge in [0.15, 0.2) is 5.13 Å². The van der Waals surface area contributed by atoms with Crippen molar-refractivity contribution in [3.63, 3.8) is 0 Å². The van der Waals surface area contributed by atoms with Crippen LogP contribution < -0.4 is 15.5 Å². The summed E-state index contributed by atoms with van der Waals surface area (Å²) >= 11 is 3.22. The topological polar surface area (TPSA) is 70.1 Å². The van der Waals surface area contributed by atoms with E-state index in [2.05, 4.69) is 38.5 Å². The van der Waals surface area contributed by atoms with Gasteiger partial charge in [0.05, 0.1) is 11.4 Å². The van der Waals surface area contributed by atoms with E-state index in [-0.39, 0.29) is 6.03 Å². The van der Waals surface area contributed by atoms with Gasteiger partial charge < -0.3 is 10.2 Å². The number of pyridine rings is 1. The Morgan fingerprint density at radius 1 is 1.13 bits per heavy atom. The summed E-state index contributed by atoms with van der Waals surface area (Å²) in [4.78, 5) is 25.6. The van der Waals surface area contributed by atoms with Crippen LogP contribution in [0.4, 0.5) is 21.3 Å².